The van der Waals surface area contributed by atoms with Gasteiger partial charge in [0.2, 0.25) is 0 Å². The van der Waals surface area contributed by atoms with E-state index in [-0.39, 0.29) is 17.2 Å². The molecule has 2 rings (SSSR count). The maximum atomic E-state index is 10.2. The Hall–Kier alpha value is 0.390. The van der Waals surface area contributed by atoms with Crippen LogP contribution in [0.25, 0.3) is 0 Å². The van der Waals surface area contributed by atoms with Crippen molar-refractivity contribution in [2.45, 2.75) is 5.66 Å². The minimum Gasteiger partial charge on any atom is -0.506 e. The van der Waals surface area contributed by atoms with Gasteiger partial charge in [0.15, 0.2) is 0 Å². The average molecular weight is 548 g/mol. The van der Waals surface area contributed by atoms with Crippen LogP contribution in [0.3, 0.4) is 0 Å². The first-order valence-corrected chi connectivity index (χ1v) is 9.26. The number of halogens is 4. The molecule has 7 heteroatoms. The van der Waals surface area contributed by atoms with Gasteiger partial charge in [-0.15, -0.1) is 9.24 Å². The number of rotatable bonds is 2. The van der Waals surface area contributed by atoms with Gasteiger partial charge in [0.1, 0.15) is 11.5 Å². The molecule has 0 aliphatic heterocycles. The third kappa shape index (κ3) is 3.41. The van der Waals surface area contributed by atoms with Crippen LogP contribution in [0.5, 0.6) is 11.5 Å². The van der Waals surface area contributed by atoms with Crippen LogP contribution >= 0.6 is 73.0 Å². The van der Waals surface area contributed by atoms with E-state index in [4.69, 9.17) is 0 Å². The fourth-order valence-corrected chi connectivity index (χ4v) is 4.84. The standard InChI is InChI=1S/C13H9Br4O2P/c14-5-1-7(11(18)9(16)3-5)13(20)8-2-6(15)4-10(17)12(8)19/h1-4,13,18-19H,20H2. The maximum absolute atomic E-state index is 10.2. The van der Waals surface area contributed by atoms with Crippen LogP contribution in [0.4, 0.5) is 0 Å². The van der Waals surface area contributed by atoms with Gasteiger partial charge in [0.25, 0.3) is 0 Å². The van der Waals surface area contributed by atoms with Crippen LogP contribution < -0.4 is 0 Å². The second-order valence-corrected chi connectivity index (χ2v) is 8.34. The van der Waals surface area contributed by atoms with Gasteiger partial charge in [-0.2, -0.15) is 0 Å². The quantitative estimate of drug-likeness (QED) is 0.445. The number of phenolic OH excluding ortho intramolecular Hbond substituents is 2. The second-order valence-electron chi connectivity index (χ2n) is 4.13. The summed E-state index contributed by atoms with van der Waals surface area (Å²) in [6, 6.07) is 7.19. The van der Waals surface area contributed by atoms with Crippen molar-refractivity contribution in [3.05, 3.63) is 53.3 Å². The third-order valence-corrected chi connectivity index (χ3v) is 5.63. The molecule has 2 nitrogen and oxygen atoms in total. The molecule has 106 valence electrons. The summed E-state index contributed by atoms with van der Waals surface area (Å²) in [4.78, 5) is 0. The molecule has 2 aromatic carbocycles. The van der Waals surface area contributed by atoms with E-state index in [0.29, 0.717) is 20.1 Å². The lowest BCUT2D eigenvalue weighted by Gasteiger charge is -2.18. The highest BCUT2D eigenvalue weighted by Gasteiger charge is 2.20. The van der Waals surface area contributed by atoms with E-state index >= 15 is 0 Å². The first-order chi connectivity index (χ1) is 9.31. The highest BCUT2D eigenvalue weighted by molar-refractivity contribution is 9.11. The zero-order valence-electron chi connectivity index (χ0n) is 9.87. The smallest absolute Gasteiger partial charge is 0.133 e. The molecule has 0 aliphatic rings. The van der Waals surface area contributed by atoms with Crippen LogP contribution in [0.15, 0.2) is 42.2 Å². The van der Waals surface area contributed by atoms with Crippen molar-refractivity contribution in [1.29, 1.82) is 0 Å². The number of hydrogen-bond acceptors (Lipinski definition) is 2. The molecular weight excluding hydrogens is 539 g/mol. The fourth-order valence-electron chi connectivity index (χ4n) is 1.81. The Kier molecular flexibility index (Phi) is 5.58. The van der Waals surface area contributed by atoms with Crippen molar-refractivity contribution in [3.8, 4) is 11.5 Å². The van der Waals surface area contributed by atoms with Gasteiger partial charge in [0, 0.05) is 25.7 Å². The summed E-state index contributed by atoms with van der Waals surface area (Å²) in [5, 5.41) is 20.4. The summed E-state index contributed by atoms with van der Waals surface area (Å²) in [6.07, 6.45) is 0. The third-order valence-electron chi connectivity index (χ3n) is 2.79. The van der Waals surface area contributed by atoms with E-state index in [1.54, 1.807) is 12.1 Å². The highest BCUT2D eigenvalue weighted by atomic mass is 79.9. The summed E-state index contributed by atoms with van der Waals surface area (Å²) >= 11 is 13.4. The predicted molar refractivity (Wildman–Crippen MR) is 98.6 cm³/mol. The Morgan fingerprint density at radius 2 is 1.10 bits per heavy atom. The summed E-state index contributed by atoms with van der Waals surface area (Å²) in [5.74, 6) is 0.312. The van der Waals surface area contributed by atoms with Crippen molar-refractivity contribution < 1.29 is 10.2 Å². The van der Waals surface area contributed by atoms with Gasteiger partial charge < -0.3 is 10.2 Å². The molecule has 1 unspecified atom stereocenters. The fraction of sp³-hybridized carbons (Fsp3) is 0.0769. The molecule has 2 N–H and O–H groups in total. The Labute approximate surface area is 152 Å². The van der Waals surface area contributed by atoms with Crippen LogP contribution in [-0.2, 0) is 0 Å². The van der Waals surface area contributed by atoms with E-state index in [1.807, 2.05) is 12.1 Å². The van der Waals surface area contributed by atoms with E-state index in [1.165, 1.54) is 0 Å². The number of hydrogen-bond donors (Lipinski definition) is 2. The molecule has 0 aromatic heterocycles. The lowest BCUT2D eigenvalue weighted by molar-refractivity contribution is 0.458. The van der Waals surface area contributed by atoms with Crippen molar-refractivity contribution in [3.63, 3.8) is 0 Å². The molecule has 0 saturated carbocycles. The molecule has 0 aliphatic carbocycles. The Morgan fingerprint density at radius 1 is 0.750 bits per heavy atom. The highest BCUT2D eigenvalue weighted by Crippen LogP contribution is 2.46. The van der Waals surface area contributed by atoms with E-state index in [2.05, 4.69) is 73.0 Å². The van der Waals surface area contributed by atoms with Gasteiger partial charge in [0.05, 0.1) is 8.95 Å². The second kappa shape index (κ2) is 6.66. The summed E-state index contributed by atoms with van der Waals surface area (Å²) < 4.78 is 2.89. The molecule has 2 aromatic rings. The van der Waals surface area contributed by atoms with Gasteiger partial charge >= 0.3 is 0 Å². The first kappa shape index (κ1) is 16.8. The van der Waals surface area contributed by atoms with Crippen molar-refractivity contribution in [2.24, 2.45) is 0 Å². The first-order valence-electron chi connectivity index (χ1n) is 5.42. The van der Waals surface area contributed by atoms with Crippen molar-refractivity contribution in [2.75, 3.05) is 0 Å². The monoisotopic (exact) mass is 544 g/mol. The predicted octanol–water partition coefficient (Wildman–Crippen LogP) is 6.11. The minimum atomic E-state index is -0.252. The van der Waals surface area contributed by atoms with Crippen molar-refractivity contribution >= 4 is 73.0 Å². The number of aromatic hydroxyl groups is 2. The van der Waals surface area contributed by atoms with Crippen LogP contribution in [0.2, 0.25) is 0 Å². The van der Waals surface area contributed by atoms with E-state index in [0.717, 1.165) is 8.95 Å². The summed E-state index contributed by atoms with van der Waals surface area (Å²) in [6.45, 7) is 0. The van der Waals surface area contributed by atoms with Gasteiger partial charge in [-0.3, -0.25) is 0 Å². The van der Waals surface area contributed by atoms with Gasteiger partial charge in [-0.25, -0.2) is 0 Å². The molecule has 0 amide bonds. The van der Waals surface area contributed by atoms with Gasteiger partial charge in [-0.1, -0.05) is 31.9 Å². The molecule has 0 heterocycles. The molecule has 0 radical (unpaired) electrons. The molecule has 0 spiro atoms. The minimum absolute atomic E-state index is 0.156. The number of benzene rings is 2. The normalized spacial score (nSPS) is 11.1. The number of phenols is 2. The molecule has 0 saturated heterocycles. The Morgan fingerprint density at radius 3 is 1.45 bits per heavy atom. The largest absolute Gasteiger partial charge is 0.506 e. The zero-order valence-corrected chi connectivity index (χ0v) is 17.4. The molecular formula is C13H9Br4O2P. The van der Waals surface area contributed by atoms with Crippen LogP contribution in [-0.4, -0.2) is 10.2 Å². The Bertz CT molecular complexity index is 618. The van der Waals surface area contributed by atoms with Crippen LogP contribution in [0, 0.1) is 0 Å². The molecule has 0 fully saturated rings. The SMILES string of the molecule is Oc1c(Br)cc(Br)cc1C(P)c1cc(Br)cc(Br)c1O. The van der Waals surface area contributed by atoms with E-state index in [9.17, 15) is 10.2 Å². The molecule has 20 heavy (non-hydrogen) atoms. The topological polar surface area (TPSA) is 40.5 Å². The lowest BCUT2D eigenvalue weighted by Crippen LogP contribution is -1.96. The zero-order chi connectivity index (χ0) is 15.0. The average Bonchev–Trinajstić information content (AvgIpc) is 2.37. The Balaban J connectivity index is 2.60. The lowest BCUT2D eigenvalue weighted by atomic mass is 10.0. The van der Waals surface area contributed by atoms with Crippen molar-refractivity contribution in [1.82, 2.24) is 0 Å². The van der Waals surface area contributed by atoms with Crippen LogP contribution in [0.1, 0.15) is 16.8 Å². The molecule has 0 bridgehead atoms. The molecule has 1 atom stereocenters. The summed E-state index contributed by atoms with van der Waals surface area (Å²) in [7, 11) is 2.64. The maximum Gasteiger partial charge on any atom is 0.133 e. The van der Waals surface area contributed by atoms with Gasteiger partial charge in [-0.05, 0) is 56.1 Å². The summed E-state index contributed by atoms with van der Waals surface area (Å²) in [5.41, 5.74) is 1.13. The van der Waals surface area contributed by atoms with E-state index < -0.39 is 0 Å².